The Morgan fingerprint density at radius 2 is 0.641 bits per heavy atom. The predicted octanol–water partition coefficient (Wildman–Crippen LogP) is 12.4. The van der Waals surface area contributed by atoms with Crippen molar-refractivity contribution in [3.63, 3.8) is 0 Å². The van der Waals surface area contributed by atoms with Crippen LogP contribution < -0.4 is 0 Å². The van der Waals surface area contributed by atoms with Crippen LogP contribution in [0.15, 0.2) is 12.2 Å². The fourth-order valence-corrected chi connectivity index (χ4v) is 5.21. The molecule has 0 spiro atoms. The molecular formula is C36H68O3. The summed E-state index contributed by atoms with van der Waals surface area (Å²) in [4.78, 5) is 23.8. The number of carbonyl (C=O) groups is 2. The van der Waals surface area contributed by atoms with Gasteiger partial charge in [0.25, 0.3) is 0 Å². The monoisotopic (exact) mass is 549 g/mol. The zero-order chi connectivity index (χ0) is 28.5. The summed E-state index contributed by atoms with van der Waals surface area (Å²) in [6.07, 6.45) is 41.2. The van der Waals surface area contributed by atoms with E-state index in [1.165, 1.54) is 154 Å². The quantitative estimate of drug-likeness (QED) is 0.0374. The van der Waals surface area contributed by atoms with Gasteiger partial charge in [-0.25, -0.2) is 0 Å². The fourth-order valence-electron chi connectivity index (χ4n) is 5.21. The van der Waals surface area contributed by atoms with Crippen LogP contribution in [-0.4, -0.2) is 11.9 Å². The van der Waals surface area contributed by atoms with Crippen molar-refractivity contribution in [1.29, 1.82) is 0 Å². The minimum absolute atomic E-state index is 0.329. The fraction of sp³-hybridized carbons (Fsp3) is 0.889. The number of esters is 2. The summed E-state index contributed by atoms with van der Waals surface area (Å²) in [6, 6.07) is 0. The average Bonchev–Trinajstić information content (AvgIpc) is 2.93. The van der Waals surface area contributed by atoms with E-state index in [-0.39, 0.29) is 11.9 Å². The molecule has 0 atom stereocenters. The third-order valence-corrected chi connectivity index (χ3v) is 7.85. The SMILES string of the molecule is CCCCCCCC/C=C\CCCCCCCCCCCC(=O)OC(=O)CCCCCCCCCCCCC. The molecule has 0 aliphatic heterocycles. The van der Waals surface area contributed by atoms with E-state index in [0.717, 1.165) is 25.7 Å². The molecule has 0 fully saturated rings. The van der Waals surface area contributed by atoms with Gasteiger partial charge in [-0.1, -0.05) is 167 Å². The summed E-state index contributed by atoms with van der Waals surface area (Å²) in [7, 11) is 0. The topological polar surface area (TPSA) is 43.4 Å². The first-order valence-corrected chi connectivity index (χ1v) is 17.6. The zero-order valence-corrected chi connectivity index (χ0v) is 26.6. The maximum Gasteiger partial charge on any atom is 0.313 e. The first-order chi connectivity index (χ1) is 19.2. The van der Waals surface area contributed by atoms with Gasteiger partial charge in [0.15, 0.2) is 0 Å². The van der Waals surface area contributed by atoms with Crippen LogP contribution in [0.1, 0.15) is 206 Å². The van der Waals surface area contributed by atoms with Gasteiger partial charge in [-0.05, 0) is 38.5 Å². The molecule has 0 aromatic carbocycles. The molecule has 3 nitrogen and oxygen atoms in total. The van der Waals surface area contributed by atoms with Crippen molar-refractivity contribution in [2.45, 2.75) is 206 Å². The summed E-state index contributed by atoms with van der Waals surface area (Å²) in [5, 5.41) is 0. The molecule has 0 amide bonds. The Labute approximate surface area is 244 Å². The van der Waals surface area contributed by atoms with Gasteiger partial charge in [-0.15, -0.1) is 0 Å². The van der Waals surface area contributed by atoms with Crippen LogP contribution >= 0.6 is 0 Å². The van der Waals surface area contributed by atoms with Crippen molar-refractivity contribution in [2.75, 3.05) is 0 Å². The smallest absolute Gasteiger partial charge is 0.313 e. The molecule has 0 aliphatic carbocycles. The highest BCUT2D eigenvalue weighted by Gasteiger charge is 2.09. The highest BCUT2D eigenvalue weighted by molar-refractivity contribution is 5.85. The molecule has 0 saturated heterocycles. The van der Waals surface area contributed by atoms with Gasteiger partial charge in [0.1, 0.15) is 0 Å². The number of hydrogen-bond donors (Lipinski definition) is 0. The second kappa shape index (κ2) is 33.1. The van der Waals surface area contributed by atoms with Crippen molar-refractivity contribution in [3.8, 4) is 0 Å². The van der Waals surface area contributed by atoms with Gasteiger partial charge in [0.2, 0.25) is 0 Å². The van der Waals surface area contributed by atoms with Crippen molar-refractivity contribution >= 4 is 11.9 Å². The third kappa shape index (κ3) is 33.0. The molecule has 0 aliphatic rings. The molecule has 0 radical (unpaired) electrons. The number of hydrogen-bond acceptors (Lipinski definition) is 3. The van der Waals surface area contributed by atoms with Crippen LogP contribution in [0.25, 0.3) is 0 Å². The van der Waals surface area contributed by atoms with E-state index in [9.17, 15) is 9.59 Å². The van der Waals surface area contributed by atoms with Crippen molar-refractivity contribution in [1.82, 2.24) is 0 Å². The molecule has 0 aromatic heterocycles. The highest BCUT2D eigenvalue weighted by atomic mass is 16.6. The Kier molecular flexibility index (Phi) is 32.1. The molecule has 0 aromatic rings. The number of allylic oxidation sites excluding steroid dienone is 2. The van der Waals surface area contributed by atoms with E-state index in [4.69, 9.17) is 4.74 Å². The Morgan fingerprint density at radius 1 is 0.385 bits per heavy atom. The minimum Gasteiger partial charge on any atom is -0.393 e. The van der Waals surface area contributed by atoms with E-state index in [1.807, 2.05) is 0 Å². The summed E-state index contributed by atoms with van der Waals surface area (Å²) in [5.41, 5.74) is 0. The van der Waals surface area contributed by atoms with E-state index in [0.29, 0.717) is 12.8 Å². The van der Waals surface area contributed by atoms with Crippen LogP contribution in [-0.2, 0) is 14.3 Å². The number of rotatable bonds is 31. The van der Waals surface area contributed by atoms with Gasteiger partial charge >= 0.3 is 11.9 Å². The molecule has 0 unspecified atom stereocenters. The molecular weight excluding hydrogens is 480 g/mol. The van der Waals surface area contributed by atoms with E-state index < -0.39 is 0 Å². The molecule has 3 heteroatoms. The molecule has 0 saturated carbocycles. The standard InChI is InChI=1S/C36H68O3/c1-3-5-7-9-11-13-15-16-17-18-19-20-21-22-24-26-28-30-32-34-36(38)39-35(37)33-31-29-27-25-23-14-12-10-8-6-4-2/h16-17H,3-15,18-34H2,1-2H3/b17-16-. The lowest BCUT2D eigenvalue weighted by atomic mass is 10.1. The largest absolute Gasteiger partial charge is 0.393 e. The third-order valence-electron chi connectivity index (χ3n) is 7.85. The van der Waals surface area contributed by atoms with Gasteiger partial charge in [-0.3, -0.25) is 9.59 Å². The van der Waals surface area contributed by atoms with Crippen LogP contribution in [0.4, 0.5) is 0 Å². The van der Waals surface area contributed by atoms with Crippen LogP contribution in [0.5, 0.6) is 0 Å². The van der Waals surface area contributed by atoms with E-state index >= 15 is 0 Å². The maximum absolute atomic E-state index is 11.9. The Bertz CT molecular complexity index is 539. The van der Waals surface area contributed by atoms with Gasteiger partial charge in [0.05, 0.1) is 0 Å². The second-order valence-electron chi connectivity index (χ2n) is 11.9. The van der Waals surface area contributed by atoms with Crippen molar-refractivity contribution in [3.05, 3.63) is 12.2 Å². The van der Waals surface area contributed by atoms with Gasteiger partial charge < -0.3 is 4.74 Å². The van der Waals surface area contributed by atoms with Crippen molar-refractivity contribution in [2.24, 2.45) is 0 Å². The van der Waals surface area contributed by atoms with Crippen molar-refractivity contribution < 1.29 is 14.3 Å². The zero-order valence-electron chi connectivity index (χ0n) is 26.6. The number of unbranched alkanes of at least 4 members (excludes halogenated alkanes) is 25. The van der Waals surface area contributed by atoms with Crippen LogP contribution in [0, 0.1) is 0 Å². The van der Waals surface area contributed by atoms with E-state index in [2.05, 4.69) is 26.0 Å². The Balaban J connectivity index is 3.30. The van der Waals surface area contributed by atoms with Gasteiger partial charge in [0, 0.05) is 12.8 Å². The summed E-state index contributed by atoms with van der Waals surface area (Å²) in [5.74, 6) is -0.659. The average molecular weight is 549 g/mol. The van der Waals surface area contributed by atoms with Crippen LogP contribution in [0.2, 0.25) is 0 Å². The first-order valence-electron chi connectivity index (χ1n) is 17.6. The first kappa shape index (κ1) is 37.9. The van der Waals surface area contributed by atoms with Gasteiger partial charge in [-0.2, -0.15) is 0 Å². The minimum atomic E-state index is -0.330. The molecule has 0 rings (SSSR count). The number of carbonyl (C=O) groups excluding carboxylic acids is 2. The number of ether oxygens (including phenoxy) is 1. The summed E-state index contributed by atoms with van der Waals surface area (Å²) in [6.45, 7) is 4.53. The maximum atomic E-state index is 11.9. The molecule has 39 heavy (non-hydrogen) atoms. The summed E-state index contributed by atoms with van der Waals surface area (Å²) < 4.78 is 5.00. The Hall–Kier alpha value is -1.12. The lowest BCUT2D eigenvalue weighted by molar-refractivity contribution is -0.159. The Morgan fingerprint density at radius 3 is 0.949 bits per heavy atom. The molecule has 230 valence electrons. The van der Waals surface area contributed by atoms with E-state index in [1.54, 1.807) is 0 Å². The normalized spacial score (nSPS) is 11.4. The summed E-state index contributed by atoms with van der Waals surface area (Å²) >= 11 is 0. The highest BCUT2D eigenvalue weighted by Crippen LogP contribution is 2.14. The lowest BCUT2D eigenvalue weighted by Crippen LogP contribution is -2.11. The predicted molar refractivity (Wildman–Crippen MR) is 170 cm³/mol. The molecule has 0 N–H and O–H groups in total. The second-order valence-corrected chi connectivity index (χ2v) is 11.9. The molecule has 0 heterocycles. The molecule has 0 bridgehead atoms. The van der Waals surface area contributed by atoms with Crippen LogP contribution in [0.3, 0.4) is 0 Å². The lowest BCUT2D eigenvalue weighted by Gasteiger charge is -2.04.